The van der Waals surface area contributed by atoms with Crippen molar-refractivity contribution in [1.29, 1.82) is 0 Å². The molecular weight excluding hydrogens is 98.1 g/mol. The predicted molar refractivity (Wildman–Crippen MR) is 37.6 cm³/mol. The van der Waals surface area contributed by atoms with Crippen LogP contribution in [0.3, 0.4) is 0 Å². The first-order chi connectivity index (χ1) is 3.81. The number of nitrogens with zero attached hydrogens (tertiary/aromatic N) is 1. The molecule has 8 heavy (non-hydrogen) atoms. The number of hydrogen-bond donors (Lipinski definition) is 0. The number of hydrogen-bond acceptors (Lipinski definition) is 0. The molecular formula is C7H14N+. The first kappa shape index (κ1) is 7.41. The molecule has 0 bridgehead atoms. The largest absolute Gasteiger partial charge is 0.239 e. The molecule has 0 spiro atoms. The highest BCUT2D eigenvalue weighted by Crippen LogP contribution is 1.66. The summed E-state index contributed by atoms with van der Waals surface area (Å²) in [5, 5.41) is 0. The smallest absolute Gasteiger partial charge is 0.162 e. The van der Waals surface area contributed by atoms with Crippen LogP contribution in [0.4, 0.5) is 0 Å². The second-order valence-corrected chi connectivity index (χ2v) is 1.75. The fraction of sp³-hybridized carbons (Fsp3) is 0.571. The average Bonchev–Trinajstić information content (AvgIpc) is 1.83. The van der Waals surface area contributed by atoms with Crippen LogP contribution in [0.15, 0.2) is 12.2 Å². The molecule has 0 saturated heterocycles. The minimum absolute atomic E-state index is 1.07. The molecule has 46 valence electrons. The predicted octanol–water partition coefficient (Wildman–Crippen LogP) is 1.30. The van der Waals surface area contributed by atoms with Crippen LogP contribution < -0.4 is 0 Å². The van der Waals surface area contributed by atoms with Gasteiger partial charge >= 0.3 is 0 Å². The van der Waals surface area contributed by atoms with Gasteiger partial charge in [0.15, 0.2) is 6.21 Å². The van der Waals surface area contributed by atoms with Crippen molar-refractivity contribution in [3.8, 4) is 0 Å². The van der Waals surface area contributed by atoms with Crippen LogP contribution in [-0.2, 0) is 0 Å². The summed E-state index contributed by atoms with van der Waals surface area (Å²) >= 11 is 0. The van der Waals surface area contributed by atoms with Gasteiger partial charge in [0.2, 0.25) is 0 Å². The second-order valence-electron chi connectivity index (χ2n) is 1.75. The summed E-state index contributed by atoms with van der Waals surface area (Å²) in [6, 6.07) is 0. The summed E-state index contributed by atoms with van der Waals surface area (Å²) in [5.41, 5.74) is 0. The minimum Gasteiger partial charge on any atom is -0.239 e. The van der Waals surface area contributed by atoms with E-state index >= 15 is 0 Å². The summed E-state index contributed by atoms with van der Waals surface area (Å²) in [6.45, 7) is 5.21. The number of rotatable bonds is 2. The SMILES string of the molecule is CC=CC=[N+](C)CC. The Morgan fingerprint density at radius 3 is 2.50 bits per heavy atom. The van der Waals surface area contributed by atoms with E-state index in [9.17, 15) is 0 Å². The highest BCUT2D eigenvalue weighted by molar-refractivity contribution is 5.65. The van der Waals surface area contributed by atoms with E-state index < -0.39 is 0 Å². The van der Waals surface area contributed by atoms with Gasteiger partial charge in [-0.05, 0) is 19.9 Å². The van der Waals surface area contributed by atoms with Crippen molar-refractivity contribution in [2.75, 3.05) is 13.6 Å². The molecule has 0 radical (unpaired) electrons. The van der Waals surface area contributed by atoms with Crippen molar-refractivity contribution in [1.82, 2.24) is 0 Å². The molecule has 0 N–H and O–H groups in total. The molecule has 0 aromatic heterocycles. The molecule has 0 aliphatic rings. The Hall–Kier alpha value is -0.590. The van der Waals surface area contributed by atoms with Crippen molar-refractivity contribution in [2.45, 2.75) is 13.8 Å². The van der Waals surface area contributed by atoms with Crippen molar-refractivity contribution in [3.05, 3.63) is 12.2 Å². The molecule has 0 saturated carbocycles. The monoisotopic (exact) mass is 112 g/mol. The lowest BCUT2D eigenvalue weighted by Crippen LogP contribution is -2.03. The fourth-order valence-corrected chi connectivity index (χ4v) is 0.338. The zero-order chi connectivity index (χ0) is 6.41. The summed E-state index contributed by atoms with van der Waals surface area (Å²) < 4.78 is 2.12. The van der Waals surface area contributed by atoms with Crippen LogP contribution in [0.5, 0.6) is 0 Å². The van der Waals surface area contributed by atoms with Gasteiger partial charge < -0.3 is 0 Å². The quantitative estimate of drug-likeness (QED) is 0.374. The molecule has 0 aliphatic heterocycles. The Morgan fingerprint density at radius 1 is 1.50 bits per heavy atom. The maximum atomic E-state index is 2.12. The minimum atomic E-state index is 1.07. The van der Waals surface area contributed by atoms with Gasteiger partial charge in [0.05, 0.1) is 0 Å². The van der Waals surface area contributed by atoms with Gasteiger partial charge in [-0.2, -0.15) is 0 Å². The summed E-state index contributed by atoms with van der Waals surface area (Å²) in [5.74, 6) is 0. The van der Waals surface area contributed by atoms with Crippen LogP contribution in [0.25, 0.3) is 0 Å². The first-order valence-electron chi connectivity index (χ1n) is 2.97. The Bertz CT molecular complexity index is 101. The number of allylic oxidation sites excluding steroid dienone is 2. The van der Waals surface area contributed by atoms with Crippen molar-refractivity contribution in [2.24, 2.45) is 0 Å². The van der Waals surface area contributed by atoms with Gasteiger partial charge in [0.25, 0.3) is 0 Å². The van der Waals surface area contributed by atoms with Gasteiger partial charge in [-0.25, -0.2) is 4.58 Å². The Kier molecular flexibility index (Phi) is 4.23. The van der Waals surface area contributed by atoms with Crippen molar-refractivity contribution >= 4 is 6.21 Å². The van der Waals surface area contributed by atoms with E-state index in [2.05, 4.69) is 24.8 Å². The fourth-order valence-electron chi connectivity index (χ4n) is 0.338. The molecule has 1 nitrogen and oxygen atoms in total. The third-order valence-corrected chi connectivity index (χ3v) is 1.03. The molecule has 0 aromatic rings. The highest BCUT2D eigenvalue weighted by atomic mass is 14.9. The van der Waals surface area contributed by atoms with Crippen LogP contribution in [0.2, 0.25) is 0 Å². The normalized spacial score (nSPS) is 13.1. The standard InChI is InChI=1S/C7H14N/c1-4-6-7-8(3)5-2/h4,6-7H,5H2,1-3H3/q+1. The maximum absolute atomic E-state index is 2.12. The zero-order valence-corrected chi connectivity index (χ0v) is 5.89. The molecule has 0 heterocycles. The van der Waals surface area contributed by atoms with E-state index in [-0.39, 0.29) is 0 Å². The van der Waals surface area contributed by atoms with Crippen LogP contribution >= 0.6 is 0 Å². The van der Waals surface area contributed by atoms with Gasteiger partial charge in [-0.3, -0.25) is 0 Å². The molecule has 0 rings (SSSR count). The zero-order valence-electron chi connectivity index (χ0n) is 5.89. The second kappa shape index (κ2) is 4.57. The van der Waals surface area contributed by atoms with E-state index in [0.717, 1.165) is 6.54 Å². The molecule has 1 heteroatoms. The Morgan fingerprint density at radius 2 is 2.12 bits per heavy atom. The molecule has 0 unspecified atom stereocenters. The summed E-state index contributed by atoms with van der Waals surface area (Å²) in [6.07, 6.45) is 6.11. The highest BCUT2D eigenvalue weighted by Gasteiger charge is 1.80. The lowest BCUT2D eigenvalue weighted by atomic mass is 10.5. The Labute approximate surface area is 51.3 Å². The van der Waals surface area contributed by atoms with E-state index in [1.54, 1.807) is 0 Å². The lowest BCUT2D eigenvalue weighted by molar-refractivity contribution is -0.487. The van der Waals surface area contributed by atoms with E-state index in [1.165, 1.54) is 0 Å². The van der Waals surface area contributed by atoms with E-state index in [4.69, 9.17) is 0 Å². The molecule has 0 amide bonds. The Balaban J connectivity index is 3.57. The van der Waals surface area contributed by atoms with E-state index in [0.29, 0.717) is 0 Å². The molecule has 0 fully saturated rings. The van der Waals surface area contributed by atoms with Gasteiger partial charge in [0.1, 0.15) is 13.6 Å². The molecule has 0 atom stereocenters. The molecule has 0 aromatic carbocycles. The molecule has 0 aliphatic carbocycles. The topological polar surface area (TPSA) is 3.01 Å². The van der Waals surface area contributed by atoms with Crippen molar-refractivity contribution in [3.63, 3.8) is 0 Å². The van der Waals surface area contributed by atoms with Crippen LogP contribution in [0.1, 0.15) is 13.8 Å². The average molecular weight is 112 g/mol. The van der Waals surface area contributed by atoms with E-state index in [1.807, 2.05) is 19.1 Å². The van der Waals surface area contributed by atoms with Crippen molar-refractivity contribution < 1.29 is 4.58 Å². The summed E-state index contributed by atoms with van der Waals surface area (Å²) in [4.78, 5) is 0. The third kappa shape index (κ3) is 3.59. The third-order valence-electron chi connectivity index (χ3n) is 1.03. The van der Waals surface area contributed by atoms with Gasteiger partial charge in [0, 0.05) is 0 Å². The summed E-state index contributed by atoms with van der Waals surface area (Å²) in [7, 11) is 2.06. The lowest BCUT2D eigenvalue weighted by Gasteiger charge is -1.83. The van der Waals surface area contributed by atoms with Gasteiger partial charge in [-0.1, -0.05) is 6.08 Å². The maximum Gasteiger partial charge on any atom is 0.162 e. The van der Waals surface area contributed by atoms with Crippen LogP contribution in [0, 0.1) is 0 Å². The first-order valence-corrected chi connectivity index (χ1v) is 2.97. The van der Waals surface area contributed by atoms with Gasteiger partial charge in [-0.15, -0.1) is 0 Å². The van der Waals surface area contributed by atoms with Crippen LogP contribution in [-0.4, -0.2) is 24.4 Å².